The molecule has 0 saturated heterocycles. The van der Waals surface area contributed by atoms with E-state index in [1.54, 1.807) is 6.07 Å². The van der Waals surface area contributed by atoms with E-state index in [1.807, 2.05) is 54.6 Å². The van der Waals surface area contributed by atoms with Gasteiger partial charge < -0.3 is 14.8 Å². The molecule has 0 aliphatic heterocycles. The molecule has 37 heavy (non-hydrogen) atoms. The van der Waals surface area contributed by atoms with Crippen molar-refractivity contribution in [1.82, 2.24) is 25.4 Å². The quantitative estimate of drug-likeness (QED) is 0.260. The first kappa shape index (κ1) is 22.5. The number of aromatic nitrogens is 5. The van der Waals surface area contributed by atoms with Crippen LogP contribution in [-0.2, 0) is 13.0 Å². The highest BCUT2D eigenvalue weighted by atomic mass is 16.5. The number of carboxylic acid groups (broad SMARTS) is 1. The van der Waals surface area contributed by atoms with Crippen molar-refractivity contribution in [2.45, 2.75) is 18.9 Å². The Hall–Kier alpha value is -4.98. The molecule has 2 heterocycles. The number of aromatic carboxylic acids is 1. The maximum atomic E-state index is 12.0. The van der Waals surface area contributed by atoms with Crippen molar-refractivity contribution in [3.05, 3.63) is 119 Å². The van der Waals surface area contributed by atoms with E-state index in [0.717, 1.165) is 27.7 Å². The molecule has 0 aliphatic carbocycles. The molecule has 182 valence electrons. The highest BCUT2D eigenvalue weighted by Crippen LogP contribution is 2.33. The second kappa shape index (κ2) is 9.58. The second-order valence-corrected chi connectivity index (χ2v) is 8.81. The largest absolute Gasteiger partial charge is 0.487 e. The Bertz CT molecular complexity index is 1690. The van der Waals surface area contributed by atoms with Crippen molar-refractivity contribution in [2.75, 3.05) is 0 Å². The van der Waals surface area contributed by atoms with Crippen molar-refractivity contribution in [3.8, 4) is 5.75 Å². The van der Waals surface area contributed by atoms with Crippen molar-refractivity contribution in [1.29, 1.82) is 0 Å². The van der Waals surface area contributed by atoms with Crippen LogP contribution >= 0.6 is 0 Å². The number of ether oxygens (including phenoxy) is 1. The van der Waals surface area contributed by atoms with Crippen LogP contribution in [0.5, 0.6) is 5.75 Å². The molecule has 0 bridgehead atoms. The van der Waals surface area contributed by atoms with Crippen molar-refractivity contribution in [2.24, 2.45) is 0 Å². The van der Waals surface area contributed by atoms with Gasteiger partial charge >= 0.3 is 5.97 Å². The Morgan fingerprint density at radius 2 is 1.65 bits per heavy atom. The number of hydrogen-bond donors (Lipinski definition) is 3. The van der Waals surface area contributed by atoms with Crippen LogP contribution in [0.4, 0.5) is 0 Å². The number of nitrogens with one attached hydrogen (secondary N) is 2. The van der Waals surface area contributed by atoms with Gasteiger partial charge in [0.05, 0.1) is 5.56 Å². The van der Waals surface area contributed by atoms with Crippen LogP contribution in [0.25, 0.3) is 22.1 Å². The summed E-state index contributed by atoms with van der Waals surface area (Å²) in [5, 5.41) is 20.8. The first-order valence-electron chi connectivity index (χ1n) is 11.9. The molecule has 8 nitrogen and oxygen atoms in total. The fourth-order valence-electron chi connectivity index (χ4n) is 4.65. The van der Waals surface area contributed by atoms with Crippen LogP contribution in [-0.4, -0.2) is 36.5 Å². The smallest absolute Gasteiger partial charge is 0.337 e. The number of rotatable bonds is 8. The summed E-state index contributed by atoms with van der Waals surface area (Å²) < 4.78 is 6.19. The molecule has 0 aliphatic rings. The SMILES string of the molecule is O=C(O)c1ccc(OCc2cccc3n[nH]nc23)c2[nH]c(C(Cc3ccccc3)c3ccccc3)nc12. The summed E-state index contributed by atoms with van der Waals surface area (Å²) in [5.74, 6) is 0.0589. The third-order valence-electron chi connectivity index (χ3n) is 6.48. The topological polar surface area (TPSA) is 117 Å². The third kappa shape index (κ3) is 4.40. The number of para-hydroxylation sites is 1. The average molecular weight is 490 g/mol. The lowest BCUT2D eigenvalue weighted by molar-refractivity contribution is 0.0699. The van der Waals surface area contributed by atoms with E-state index in [0.29, 0.717) is 29.0 Å². The zero-order valence-corrected chi connectivity index (χ0v) is 19.8. The second-order valence-electron chi connectivity index (χ2n) is 8.81. The van der Waals surface area contributed by atoms with Gasteiger partial charge in [-0.15, -0.1) is 0 Å². The molecular weight excluding hydrogens is 466 g/mol. The van der Waals surface area contributed by atoms with Gasteiger partial charge in [0, 0.05) is 11.5 Å². The molecule has 0 saturated carbocycles. The fraction of sp³-hybridized carbons (Fsp3) is 0.103. The Kier molecular flexibility index (Phi) is 5.82. The van der Waals surface area contributed by atoms with Gasteiger partial charge in [-0.05, 0) is 35.7 Å². The number of carboxylic acids is 1. The van der Waals surface area contributed by atoms with Crippen molar-refractivity contribution < 1.29 is 14.6 Å². The van der Waals surface area contributed by atoms with Crippen molar-refractivity contribution in [3.63, 3.8) is 0 Å². The van der Waals surface area contributed by atoms with Gasteiger partial charge in [-0.1, -0.05) is 72.8 Å². The Labute approximate surface area is 212 Å². The van der Waals surface area contributed by atoms with E-state index in [1.165, 1.54) is 6.07 Å². The summed E-state index contributed by atoms with van der Waals surface area (Å²) in [5.41, 5.74) is 5.64. The first-order chi connectivity index (χ1) is 18.2. The molecular formula is C29H23N5O3. The molecule has 0 fully saturated rings. The molecule has 1 unspecified atom stereocenters. The summed E-state index contributed by atoms with van der Waals surface area (Å²) in [6.45, 7) is 0.242. The van der Waals surface area contributed by atoms with E-state index in [9.17, 15) is 9.90 Å². The van der Waals surface area contributed by atoms with Crippen LogP contribution < -0.4 is 4.74 Å². The average Bonchev–Trinajstić information content (AvgIpc) is 3.59. The monoisotopic (exact) mass is 489 g/mol. The van der Waals surface area contributed by atoms with E-state index < -0.39 is 5.97 Å². The molecule has 8 heteroatoms. The summed E-state index contributed by atoms with van der Waals surface area (Å²) in [6, 6.07) is 29.2. The number of imidazole rings is 1. The summed E-state index contributed by atoms with van der Waals surface area (Å²) in [4.78, 5) is 20.3. The number of carbonyl (C=O) groups is 1. The van der Waals surface area contributed by atoms with Gasteiger partial charge in [-0.2, -0.15) is 15.4 Å². The van der Waals surface area contributed by atoms with Crippen LogP contribution in [0.3, 0.4) is 0 Å². The number of hydrogen-bond acceptors (Lipinski definition) is 5. The number of aromatic amines is 2. The third-order valence-corrected chi connectivity index (χ3v) is 6.48. The summed E-state index contributed by atoms with van der Waals surface area (Å²) in [7, 11) is 0. The molecule has 2 aromatic heterocycles. The fourth-order valence-corrected chi connectivity index (χ4v) is 4.65. The number of nitrogens with zero attached hydrogens (tertiary/aromatic N) is 3. The molecule has 3 N–H and O–H groups in total. The van der Waals surface area contributed by atoms with Gasteiger partial charge in [0.15, 0.2) is 0 Å². The van der Waals surface area contributed by atoms with Gasteiger partial charge in [0.1, 0.15) is 40.2 Å². The zero-order valence-electron chi connectivity index (χ0n) is 19.8. The molecule has 0 spiro atoms. The van der Waals surface area contributed by atoms with Gasteiger partial charge in [0.2, 0.25) is 0 Å². The van der Waals surface area contributed by atoms with Crippen LogP contribution in [0.1, 0.15) is 38.8 Å². The number of fused-ring (bicyclic) bond motifs is 2. The molecule has 6 aromatic rings. The predicted molar refractivity (Wildman–Crippen MR) is 140 cm³/mol. The maximum absolute atomic E-state index is 12.0. The van der Waals surface area contributed by atoms with Gasteiger partial charge in [-0.3, -0.25) is 0 Å². The minimum Gasteiger partial charge on any atom is -0.487 e. The molecule has 1 atom stereocenters. The number of benzene rings is 4. The summed E-state index contributed by atoms with van der Waals surface area (Å²) >= 11 is 0. The van der Waals surface area contributed by atoms with E-state index >= 15 is 0 Å². The Morgan fingerprint density at radius 3 is 2.43 bits per heavy atom. The lowest BCUT2D eigenvalue weighted by atomic mass is 9.91. The van der Waals surface area contributed by atoms with Gasteiger partial charge in [-0.25, -0.2) is 9.78 Å². The highest BCUT2D eigenvalue weighted by molar-refractivity contribution is 6.02. The first-order valence-corrected chi connectivity index (χ1v) is 11.9. The predicted octanol–water partition coefficient (Wildman–Crippen LogP) is 5.49. The lowest BCUT2D eigenvalue weighted by Crippen LogP contribution is -2.07. The van der Waals surface area contributed by atoms with E-state index in [4.69, 9.17) is 9.72 Å². The molecule has 4 aromatic carbocycles. The molecule has 6 rings (SSSR count). The standard InChI is InChI=1S/C29H23N5O3/c35-29(36)21-14-15-24(37-17-20-12-7-13-23-25(20)33-34-32-23)27-26(21)30-28(31-27)22(19-10-5-2-6-11-19)16-18-8-3-1-4-9-18/h1-15,22H,16-17H2,(H,30,31)(H,35,36)(H,32,33,34). The highest BCUT2D eigenvalue weighted by Gasteiger charge is 2.23. The molecule has 0 radical (unpaired) electrons. The van der Waals surface area contributed by atoms with E-state index in [-0.39, 0.29) is 18.1 Å². The summed E-state index contributed by atoms with van der Waals surface area (Å²) in [6.07, 6.45) is 0.706. The minimum absolute atomic E-state index is 0.102. The van der Waals surface area contributed by atoms with Crippen LogP contribution in [0, 0.1) is 0 Å². The normalized spacial score (nSPS) is 12.1. The Balaban J connectivity index is 1.42. The Morgan fingerprint density at radius 1 is 0.865 bits per heavy atom. The van der Waals surface area contributed by atoms with Crippen LogP contribution in [0.2, 0.25) is 0 Å². The van der Waals surface area contributed by atoms with Crippen molar-refractivity contribution >= 4 is 28.0 Å². The van der Waals surface area contributed by atoms with E-state index in [2.05, 4.69) is 44.7 Å². The minimum atomic E-state index is -1.04. The zero-order chi connectivity index (χ0) is 25.2. The maximum Gasteiger partial charge on any atom is 0.337 e. The van der Waals surface area contributed by atoms with Crippen LogP contribution in [0.15, 0.2) is 91.0 Å². The molecule has 0 amide bonds. The van der Waals surface area contributed by atoms with Gasteiger partial charge in [0.25, 0.3) is 0 Å². The number of H-pyrrole nitrogens is 2. The lowest BCUT2D eigenvalue weighted by Gasteiger charge is -2.15.